The van der Waals surface area contributed by atoms with E-state index in [0.29, 0.717) is 48.4 Å². The number of esters is 1. The molecule has 0 spiro atoms. The van der Waals surface area contributed by atoms with Gasteiger partial charge < -0.3 is 14.2 Å². The highest BCUT2D eigenvalue weighted by Gasteiger charge is 2.29. The first kappa shape index (κ1) is 24.3. The number of hydrogen-bond donors (Lipinski definition) is 0. The number of carbonyl (C=O) groups is 3. The maximum absolute atomic E-state index is 13.7. The average molecular weight is 481 g/mol. The fourth-order valence-corrected chi connectivity index (χ4v) is 4.48. The van der Waals surface area contributed by atoms with E-state index in [-0.39, 0.29) is 24.1 Å². The fraction of sp³-hybridized carbons (Fsp3) is 0.296. The first-order chi connectivity index (χ1) is 16.7. The molecular weight excluding hydrogens is 454 g/mol. The van der Waals surface area contributed by atoms with Crippen molar-refractivity contribution >= 4 is 17.7 Å². The Morgan fingerprint density at radius 3 is 2.29 bits per heavy atom. The molecule has 0 radical (unpaired) electrons. The average Bonchev–Trinajstić information content (AvgIpc) is 3.16. The highest BCUT2D eigenvalue weighted by Crippen LogP contribution is 2.23. The summed E-state index contributed by atoms with van der Waals surface area (Å²) in [5.41, 5.74) is 2.83. The summed E-state index contributed by atoms with van der Waals surface area (Å²) in [6.45, 7) is 3.95. The standard InChI is InChI=1S/C27H26F2N2O4/c1-17-14-24(18(2)31(17)23-5-3-4-22(29)15-23)25(32)16-35-27(34)20-10-12-30(13-11-20)26(33)19-6-8-21(28)9-7-19/h3-9,14-15,20H,10-13,16H2,1-2H3. The first-order valence-electron chi connectivity index (χ1n) is 11.4. The molecule has 2 heterocycles. The van der Waals surface area contributed by atoms with Crippen LogP contribution in [-0.2, 0) is 9.53 Å². The van der Waals surface area contributed by atoms with Gasteiger partial charge in [-0.3, -0.25) is 14.4 Å². The second-order valence-corrected chi connectivity index (χ2v) is 8.70. The normalized spacial score (nSPS) is 14.1. The zero-order chi connectivity index (χ0) is 25.1. The van der Waals surface area contributed by atoms with Crippen LogP contribution in [0.3, 0.4) is 0 Å². The van der Waals surface area contributed by atoms with Gasteiger partial charge in [-0.1, -0.05) is 6.07 Å². The molecular formula is C27H26F2N2O4. The Hall–Kier alpha value is -3.81. The Morgan fingerprint density at radius 1 is 0.943 bits per heavy atom. The first-order valence-corrected chi connectivity index (χ1v) is 11.4. The molecule has 3 aromatic rings. The number of likely N-dealkylation sites (tertiary alicyclic amines) is 1. The Balaban J connectivity index is 1.32. The van der Waals surface area contributed by atoms with Gasteiger partial charge in [0.2, 0.25) is 5.78 Å². The van der Waals surface area contributed by atoms with E-state index in [4.69, 9.17) is 4.74 Å². The zero-order valence-corrected chi connectivity index (χ0v) is 19.6. The minimum absolute atomic E-state index is 0.208. The summed E-state index contributed by atoms with van der Waals surface area (Å²) in [4.78, 5) is 39.6. The van der Waals surface area contributed by atoms with E-state index in [2.05, 4.69) is 0 Å². The van der Waals surface area contributed by atoms with Crippen LogP contribution in [0.5, 0.6) is 0 Å². The number of Topliss-reactive ketones (excluding diaryl/α,β-unsaturated/α-hetero) is 1. The molecule has 182 valence electrons. The largest absolute Gasteiger partial charge is 0.457 e. The molecule has 1 fully saturated rings. The predicted octanol–water partition coefficient (Wildman–Crippen LogP) is 4.65. The van der Waals surface area contributed by atoms with Crippen LogP contribution >= 0.6 is 0 Å². The second-order valence-electron chi connectivity index (χ2n) is 8.70. The van der Waals surface area contributed by atoms with E-state index in [1.807, 2.05) is 6.92 Å². The number of nitrogens with zero attached hydrogens (tertiary/aromatic N) is 2. The van der Waals surface area contributed by atoms with Crippen molar-refractivity contribution in [3.05, 3.63) is 88.7 Å². The molecule has 4 rings (SSSR count). The van der Waals surface area contributed by atoms with E-state index in [9.17, 15) is 23.2 Å². The van der Waals surface area contributed by atoms with Crippen molar-refractivity contribution in [2.45, 2.75) is 26.7 Å². The molecule has 1 amide bonds. The number of ketones is 1. The third-order valence-electron chi connectivity index (χ3n) is 6.35. The maximum Gasteiger partial charge on any atom is 0.309 e. The van der Waals surface area contributed by atoms with Gasteiger partial charge in [-0.25, -0.2) is 8.78 Å². The number of aromatic nitrogens is 1. The Morgan fingerprint density at radius 2 is 1.63 bits per heavy atom. The van der Waals surface area contributed by atoms with Gasteiger partial charge in [-0.05, 0) is 75.2 Å². The molecule has 0 atom stereocenters. The number of rotatable bonds is 6. The van der Waals surface area contributed by atoms with Crippen LogP contribution in [0.15, 0.2) is 54.6 Å². The van der Waals surface area contributed by atoms with Crippen LogP contribution in [0.2, 0.25) is 0 Å². The molecule has 6 nitrogen and oxygen atoms in total. The van der Waals surface area contributed by atoms with Gasteiger partial charge >= 0.3 is 5.97 Å². The summed E-state index contributed by atoms with van der Waals surface area (Å²) in [5, 5.41) is 0. The number of piperidine rings is 1. The van der Waals surface area contributed by atoms with Crippen LogP contribution in [0.25, 0.3) is 5.69 Å². The van der Waals surface area contributed by atoms with Crippen molar-refractivity contribution in [3.63, 3.8) is 0 Å². The quantitative estimate of drug-likeness (QED) is 0.381. The van der Waals surface area contributed by atoms with E-state index >= 15 is 0 Å². The zero-order valence-electron chi connectivity index (χ0n) is 19.6. The second kappa shape index (κ2) is 10.2. The summed E-state index contributed by atoms with van der Waals surface area (Å²) >= 11 is 0. The molecule has 1 aliphatic heterocycles. The lowest BCUT2D eigenvalue weighted by Crippen LogP contribution is -2.40. The highest BCUT2D eigenvalue weighted by molar-refractivity contribution is 5.99. The summed E-state index contributed by atoms with van der Waals surface area (Å²) in [7, 11) is 0. The fourth-order valence-electron chi connectivity index (χ4n) is 4.48. The summed E-state index contributed by atoms with van der Waals surface area (Å²) in [6, 6.07) is 13.2. The Bertz CT molecular complexity index is 1260. The van der Waals surface area contributed by atoms with Crippen LogP contribution in [-0.4, -0.2) is 46.8 Å². The van der Waals surface area contributed by atoms with Gasteiger partial charge in [-0.2, -0.15) is 0 Å². The number of aryl methyl sites for hydroxylation is 1. The van der Waals surface area contributed by atoms with Crippen molar-refractivity contribution in [2.24, 2.45) is 5.92 Å². The topological polar surface area (TPSA) is 68.6 Å². The minimum Gasteiger partial charge on any atom is -0.457 e. The molecule has 8 heteroatoms. The van der Waals surface area contributed by atoms with Crippen molar-refractivity contribution in [1.29, 1.82) is 0 Å². The number of carbonyl (C=O) groups excluding carboxylic acids is 3. The van der Waals surface area contributed by atoms with Gasteiger partial charge in [0.1, 0.15) is 11.6 Å². The van der Waals surface area contributed by atoms with Crippen LogP contribution < -0.4 is 0 Å². The number of amides is 1. The molecule has 0 N–H and O–H groups in total. The smallest absolute Gasteiger partial charge is 0.309 e. The number of hydrogen-bond acceptors (Lipinski definition) is 4. The van der Waals surface area contributed by atoms with Crippen LogP contribution in [0.1, 0.15) is 44.9 Å². The van der Waals surface area contributed by atoms with Crippen LogP contribution in [0.4, 0.5) is 8.78 Å². The van der Waals surface area contributed by atoms with Crippen LogP contribution in [0, 0.1) is 31.4 Å². The monoisotopic (exact) mass is 480 g/mol. The Kier molecular flexibility index (Phi) is 7.10. The molecule has 0 aliphatic carbocycles. The van der Waals surface area contributed by atoms with E-state index < -0.39 is 17.7 Å². The van der Waals surface area contributed by atoms with Crippen molar-refractivity contribution < 1.29 is 27.9 Å². The van der Waals surface area contributed by atoms with Gasteiger partial charge in [0.25, 0.3) is 5.91 Å². The van der Waals surface area contributed by atoms with Crippen molar-refractivity contribution in [1.82, 2.24) is 9.47 Å². The molecule has 2 aromatic carbocycles. The molecule has 35 heavy (non-hydrogen) atoms. The predicted molar refractivity (Wildman–Crippen MR) is 126 cm³/mol. The molecule has 0 bridgehead atoms. The summed E-state index contributed by atoms with van der Waals surface area (Å²) < 4.78 is 33.9. The molecule has 1 saturated heterocycles. The minimum atomic E-state index is -0.467. The van der Waals surface area contributed by atoms with Crippen molar-refractivity contribution in [2.75, 3.05) is 19.7 Å². The third kappa shape index (κ3) is 5.31. The van der Waals surface area contributed by atoms with Crippen molar-refractivity contribution in [3.8, 4) is 5.69 Å². The lowest BCUT2D eigenvalue weighted by molar-refractivity contribution is -0.148. The number of ether oxygens (including phenoxy) is 1. The lowest BCUT2D eigenvalue weighted by atomic mass is 9.96. The Labute approximate surface area is 202 Å². The highest BCUT2D eigenvalue weighted by atomic mass is 19.1. The SMILES string of the molecule is Cc1cc(C(=O)COC(=O)C2CCN(C(=O)c3ccc(F)cc3)CC2)c(C)n1-c1cccc(F)c1. The van der Waals surface area contributed by atoms with Gasteiger partial charge in [0.05, 0.1) is 5.92 Å². The summed E-state index contributed by atoms with van der Waals surface area (Å²) in [5.74, 6) is -2.19. The number of benzene rings is 2. The number of halogens is 2. The third-order valence-corrected chi connectivity index (χ3v) is 6.35. The molecule has 1 aliphatic rings. The van der Waals surface area contributed by atoms with E-state index in [1.165, 1.54) is 36.4 Å². The molecule has 0 saturated carbocycles. The maximum atomic E-state index is 13.7. The molecule has 1 aromatic heterocycles. The lowest BCUT2D eigenvalue weighted by Gasteiger charge is -2.31. The molecule has 0 unspecified atom stereocenters. The van der Waals surface area contributed by atoms with E-state index in [1.54, 1.807) is 34.6 Å². The van der Waals surface area contributed by atoms with Gasteiger partial charge in [0.15, 0.2) is 6.61 Å². The summed E-state index contributed by atoms with van der Waals surface area (Å²) in [6.07, 6.45) is 0.849. The van der Waals surface area contributed by atoms with E-state index in [0.717, 1.165) is 5.69 Å². The van der Waals surface area contributed by atoms with Gasteiger partial charge in [0, 0.05) is 41.3 Å². The van der Waals surface area contributed by atoms with Gasteiger partial charge in [-0.15, -0.1) is 0 Å².